The molecule has 0 saturated carbocycles. The van der Waals surface area contributed by atoms with E-state index in [2.05, 4.69) is 21.8 Å². The summed E-state index contributed by atoms with van der Waals surface area (Å²) in [4.78, 5) is 13.7. The van der Waals surface area contributed by atoms with Crippen molar-refractivity contribution in [3.05, 3.63) is 60.5 Å². The summed E-state index contributed by atoms with van der Waals surface area (Å²) in [5.41, 5.74) is 3.97. The molecule has 1 aliphatic rings. The van der Waals surface area contributed by atoms with Gasteiger partial charge in [-0.3, -0.25) is 0 Å². The number of rotatable bonds is 4. The lowest BCUT2D eigenvalue weighted by Gasteiger charge is -2.33. The zero-order valence-corrected chi connectivity index (χ0v) is 17.5. The lowest BCUT2D eigenvalue weighted by Crippen LogP contribution is -2.44. The first-order valence-electron chi connectivity index (χ1n) is 10.2. The molecule has 4 heterocycles. The first kappa shape index (κ1) is 19.4. The minimum absolute atomic E-state index is 0.282. The molecule has 0 radical (unpaired) electrons. The lowest BCUT2D eigenvalue weighted by atomic mass is 10.1. The predicted octanol–water partition coefficient (Wildman–Crippen LogP) is 3.36. The van der Waals surface area contributed by atoms with Crippen molar-refractivity contribution in [2.75, 3.05) is 45.2 Å². The van der Waals surface area contributed by atoms with Gasteiger partial charge in [0.1, 0.15) is 17.3 Å². The highest BCUT2D eigenvalue weighted by atomic mass is 19.1. The summed E-state index contributed by atoms with van der Waals surface area (Å²) in [7, 11) is 3.72. The molecule has 4 aromatic rings. The standard InChI is InChI=1S/C23H23FN6O/c1-28-11-13-29(14-12-28)20-8-7-19-26-22(16-3-5-18(24)6-4-16)23(30(19)27-20)17-9-10-25-21(15-17)31-2/h3-10,15H,11-14H2,1-2H3. The average molecular weight is 418 g/mol. The molecule has 0 unspecified atom stereocenters. The second-order valence-electron chi connectivity index (χ2n) is 7.65. The van der Waals surface area contributed by atoms with E-state index in [1.807, 2.05) is 28.8 Å². The number of hydrogen-bond acceptors (Lipinski definition) is 6. The van der Waals surface area contributed by atoms with Gasteiger partial charge in [0.15, 0.2) is 5.65 Å². The summed E-state index contributed by atoms with van der Waals surface area (Å²) >= 11 is 0. The molecule has 0 spiro atoms. The van der Waals surface area contributed by atoms with Gasteiger partial charge in [-0.1, -0.05) is 0 Å². The Balaban J connectivity index is 1.69. The Morgan fingerprint density at radius 3 is 2.45 bits per heavy atom. The van der Waals surface area contributed by atoms with E-state index in [-0.39, 0.29) is 5.82 Å². The van der Waals surface area contributed by atoms with Gasteiger partial charge in [-0.2, -0.15) is 0 Å². The van der Waals surface area contributed by atoms with Crippen molar-refractivity contribution in [3.8, 4) is 28.4 Å². The van der Waals surface area contributed by atoms with Gasteiger partial charge < -0.3 is 14.5 Å². The van der Waals surface area contributed by atoms with Crippen LogP contribution < -0.4 is 9.64 Å². The molecule has 0 N–H and O–H groups in total. The zero-order chi connectivity index (χ0) is 21.4. The molecule has 1 aromatic carbocycles. The normalized spacial score (nSPS) is 14.9. The number of methoxy groups -OCH3 is 1. The Bertz CT molecular complexity index is 1210. The fraction of sp³-hybridized carbons (Fsp3) is 0.261. The third kappa shape index (κ3) is 3.70. The number of fused-ring (bicyclic) bond motifs is 1. The highest BCUT2D eigenvalue weighted by molar-refractivity contribution is 5.82. The van der Waals surface area contributed by atoms with Crippen LogP contribution in [-0.2, 0) is 0 Å². The van der Waals surface area contributed by atoms with Crippen LogP contribution in [0.15, 0.2) is 54.7 Å². The Morgan fingerprint density at radius 2 is 1.71 bits per heavy atom. The molecule has 0 aliphatic carbocycles. The Labute approximate surface area is 179 Å². The quantitative estimate of drug-likeness (QED) is 0.507. The van der Waals surface area contributed by atoms with E-state index in [0.29, 0.717) is 5.88 Å². The van der Waals surface area contributed by atoms with Crippen molar-refractivity contribution in [1.82, 2.24) is 24.5 Å². The maximum atomic E-state index is 13.5. The van der Waals surface area contributed by atoms with E-state index in [1.54, 1.807) is 25.4 Å². The SMILES string of the molecule is COc1cc(-c2c(-c3ccc(F)cc3)nc3ccc(N4CCN(C)CC4)nn23)ccn1. The summed E-state index contributed by atoms with van der Waals surface area (Å²) in [5, 5.41) is 4.95. The van der Waals surface area contributed by atoms with Gasteiger partial charge in [0.2, 0.25) is 5.88 Å². The van der Waals surface area contributed by atoms with Crippen LogP contribution in [0.5, 0.6) is 5.88 Å². The Morgan fingerprint density at radius 1 is 0.935 bits per heavy atom. The second kappa shape index (κ2) is 7.96. The molecule has 0 atom stereocenters. The zero-order valence-electron chi connectivity index (χ0n) is 17.5. The molecule has 5 rings (SSSR count). The van der Waals surface area contributed by atoms with Gasteiger partial charge in [-0.25, -0.2) is 18.9 Å². The molecule has 3 aromatic heterocycles. The third-order valence-corrected chi connectivity index (χ3v) is 5.63. The lowest BCUT2D eigenvalue weighted by molar-refractivity contribution is 0.311. The molecule has 1 aliphatic heterocycles. The highest BCUT2D eigenvalue weighted by Crippen LogP contribution is 2.34. The number of hydrogen-bond donors (Lipinski definition) is 0. The topological polar surface area (TPSA) is 58.8 Å². The Kier molecular flexibility index (Phi) is 4.99. The van der Waals surface area contributed by atoms with Crippen LogP contribution in [-0.4, -0.2) is 64.8 Å². The summed E-state index contributed by atoms with van der Waals surface area (Å²) in [6.45, 7) is 3.84. The van der Waals surface area contributed by atoms with Crippen LogP contribution in [0.3, 0.4) is 0 Å². The molecule has 1 saturated heterocycles. The monoisotopic (exact) mass is 418 g/mol. The second-order valence-corrected chi connectivity index (χ2v) is 7.65. The van der Waals surface area contributed by atoms with Crippen molar-refractivity contribution < 1.29 is 9.13 Å². The van der Waals surface area contributed by atoms with Crippen LogP contribution in [0.2, 0.25) is 0 Å². The van der Waals surface area contributed by atoms with Crippen LogP contribution in [0.25, 0.3) is 28.2 Å². The average Bonchev–Trinajstić information content (AvgIpc) is 3.19. The number of imidazole rings is 1. The van der Waals surface area contributed by atoms with Crippen molar-refractivity contribution in [2.45, 2.75) is 0 Å². The van der Waals surface area contributed by atoms with Gasteiger partial charge in [0, 0.05) is 49.6 Å². The van der Waals surface area contributed by atoms with Crippen LogP contribution in [0.1, 0.15) is 0 Å². The predicted molar refractivity (Wildman–Crippen MR) is 118 cm³/mol. The number of anilines is 1. The maximum absolute atomic E-state index is 13.5. The van der Waals surface area contributed by atoms with Crippen molar-refractivity contribution in [2.24, 2.45) is 0 Å². The van der Waals surface area contributed by atoms with E-state index in [1.165, 1.54) is 12.1 Å². The number of nitrogens with zero attached hydrogens (tertiary/aromatic N) is 6. The largest absolute Gasteiger partial charge is 0.481 e. The van der Waals surface area contributed by atoms with E-state index in [0.717, 1.165) is 60.2 Å². The van der Waals surface area contributed by atoms with Gasteiger partial charge in [0.25, 0.3) is 0 Å². The van der Waals surface area contributed by atoms with E-state index in [4.69, 9.17) is 14.8 Å². The Hall–Kier alpha value is -3.52. The minimum atomic E-state index is -0.282. The number of pyridine rings is 1. The number of likely N-dealkylation sites (N-methyl/N-ethyl adjacent to an activating group) is 1. The summed E-state index contributed by atoms with van der Waals surface area (Å²) in [5.74, 6) is 1.13. The first-order chi connectivity index (χ1) is 15.1. The molecular formula is C23H23FN6O. The van der Waals surface area contributed by atoms with Gasteiger partial charge in [-0.15, -0.1) is 5.10 Å². The van der Waals surface area contributed by atoms with Crippen LogP contribution in [0.4, 0.5) is 10.2 Å². The molecular weight excluding hydrogens is 395 g/mol. The molecule has 31 heavy (non-hydrogen) atoms. The third-order valence-electron chi connectivity index (χ3n) is 5.63. The first-order valence-corrected chi connectivity index (χ1v) is 10.2. The number of aromatic nitrogens is 4. The van der Waals surface area contributed by atoms with Crippen molar-refractivity contribution in [1.29, 1.82) is 0 Å². The van der Waals surface area contributed by atoms with E-state index >= 15 is 0 Å². The molecule has 0 amide bonds. The summed E-state index contributed by atoms with van der Waals surface area (Å²) in [6, 6.07) is 14.1. The van der Waals surface area contributed by atoms with Crippen LogP contribution >= 0.6 is 0 Å². The number of ether oxygens (including phenoxy) is 1. The fourth-order valence-corrected chi connectivity index (χ4v) is 3.86. The summed E-state index contributed by atoms with van der Waals surface area (Å²) in [6.07, 6.45) is 1.70. The summed E-state index contributed by atoms with van der Waals surface area (Å²) < 4.78 is 20.7. The molecule has 8 heteroatoms. The van der Waals surface area contributed by atoms with Crippen molar-refractivity contribution >= 4 is 11.5 Å². The van der Waals surface area contributed by atoms with Crippen molar-refractivity contribution in [3.63, 3.8) is 0 Å². The highest BCUT2D eigenvalue weighted by Gasteiger charge is 2.21. The molecule has 1 fully saturated rings. The maximum Gasteiger partial charge on any atom is 0.213 e. The number of piperazine rings is 1. The molecule has 7 nitrogen and oxygen atoms in total. The van der Waals surface area contributed by atoms with Gasteiger partial charge >= 0.3 is 0 Å². The van der Waals surface area contributed by atoms with E-state index < -0.39 is 0 Å². The minimum Gasteiger partial charge on any atom is -0.481 e. The number of halogens is 1. The number of benzene rings is 1. The fourth-order valence-electron chi connectivity index (χ4n) is 3.86. The van der Waals surface area contributed by atoms with Gasteiger partial charge in [0.05, 0.1) is 12.8 Å². The van der Waals surface area contributed by atoms with E-state index in [9.17, 15) is 4.39 Å². The molecule has 158 valence electrons. The van der Waals surface area contributed by atoms with Gasteiger partial charge in [-0.05, 0) is 49.5 Å². The molecule has 0 bridgehead atoms. The van der Waals surface area contributed by atoms with Crippen LogP contribution in [0, 0.1) is 5.82 Å². The smallest absolute Gasteiger partial charge is 0.213 e.